The van der Waals surface area contributed by atoms with Crippen LogP contribution in [0.4, 0.5) is 0 Å². The van der Waals surface area contributed by atoms with Crippen molar-refractivity contribution in [2.75, 3.05) is 0 Å². The normalized spacial score (nSPS) is 26.2. The van der Waals surface area contributed by atoms with Gasteiger partial charge in [-0.25, -0.2) is 0 Å². The van der Waals surface area contributed by atoms with Crippen LogP contribution in [0.5, 0.6) is 0 Å². The van der Waals surface area contributed by atoms with Gasteiger partial charge in [-0.2, -0.15) is 10.4 Å². The summed E-state index contributed by atoms with van der Waals surface area (Å²) in [6.45, 7) is 0.945. The second-order valence-corrected chi connectivity index (χ2v) is 8.80. The summed E-state index contributed by atoms with van der Waals surface area (Å²) >= 11 is 0. The molecule has 28 heavy (non-hydrogen) atoms. The van der Waals surface area contributed by atoms with E-state index in [1.807, 2.05) is 6.20 Å². The van der Waals surface area contributed by atoms with Gasteiger partial charge in [0.2, 0.25) is 5.91 Å². The molecule has 0 radical (unpaired) electrons. The van der Waals surface area contributed by atoms with Crippen molar-refractivity contribution in [1.29, 1.82) is 5.26 Å². The number of fused-ring (bicyclic) bond motifs is 1. The Morgan fingerprint density at radius 3 is 2.64 bits per heavy atom. The zero-order valence-corrected chi connectivity index (χ0v) is 16.6. The van der Waals surface area contributed by atoms with Crippen LogP contribution in [0.3, 0.4) is 0 Å². The number of benzene rings is 1. The summed E-state index contributed by atoms with van der Waals surface area (Å²) in [5.41, 5.74) is 7.15. The third kappa shape index (κ3) is 3.65. The molecule has 2 aliphatic carbocycles. The number of nitrogens with zero attached hydrogens (tertiary/aromatic N) is 3. The number of aryl methyl sites for hydroxylation is 1. The minimum Gasteiger partial charge on any atom is -0.369 e. The number of hydrogen-bond acceptors (Lipinski definition) is 3. The lowest BCUT2D eigenvalue weighted by molar-refractivity contribution is -0.122. The molecule has 2 N–H and O–H groups in total. The van der Waals surface area contributed by atoms with Crippen LogP contribution in [0.2, 0.25) is 0 Å². The third-order valence-corrected chi connectivity index (χ3v) is 7.13. The fourth-order valence-electron chi connectivity index (χ4n) is 5.19. The molecule has 2 saturated carbocycles. The smallest absolute Gasteiger partial charge is 0.220 e. The monoisotopic (exact) mass is 378 g/mol. The molecule has 1 aromatic carbocycles. The highest BCUT2D eigenvalue weighted by atomic mass is 16.1. The Morgan fingerprint density at radius 1 is 1.21 bits per heavy atom. The standard InChI is InChI=1S/C23H30N4O/c24-16-23(11-8-18(9-12-23)22(25)28)20-7-6-19-15-26-27(21(19)14-20)13-10-17-4-2-1-3-5-17/h6-7,14-15,17-18H,1-5,8-13H2,(H2,25,28). The van der Waals surface area contributed by atoms with E-state index < -0.39 is 5.41 Å². The summed E-state index contributed by atoms with van der Waals surface area (Å²) in [6, 6.07) is 8.90. The second-order valence-electron chi connectivity index (χ2n) is 8.80. The molecule has 0 saturated heterocycles. The molecule has 0 unspecified atom stereocenters. The number of carbonyl (C=O) groups excluding carboxylic acids is 1. The van der Waals surface area contributed by atoms with Gasteiger partial charge in [0.25, 0.3) is 0 Å². The van der Waals surface area contributed by atoms with Crippen molar-refractivity contribution in [2.24, 2.45) is 17.6 Å². The minimum absolute atomic E-state index is 0.0915. The quantitative estimate of drug-likeness (QED) is 0.834. The molecule has 0 atom stereocenters. The summed E-state index contributed by atoms with van der Waals surface area (Å²) in [4.78, 5) is 11.5. The average Bonchev–Trinajstić information content (AvgIpc) is 3.15. The molecule has 1 aromatic heterocycles. The maximum atomic E-state index is 11.5. The lowest BCUT2D eigenvalue weighted by Crippen LogP contribution is -2.35. The van der Waals surface area contributed by atoms with Crippen LogP contribution in [0.25, 0.3) is 10.9 Å². The molecular formula is C23H30N4O. The number of rotatable bonds is 5. The van der Waals surface area contributed by atoms with E-state index in [0.29, 0.717) is 25.7 Å². The number of hydrogen-bond donors (Lipinski definition) is 1. The minimum atomic E-state index is -0.515. The summed E-state index contributed by atoms with van der Waals surface area (Å²) in [5, 5.41) is 15.7. The molecule has 2 fully saturated rings. The largest absolute Gasteiger partial charge is 0.369 e. The van der Waals surface area contributed by atoms with Crippen molar-refractivity contribution in [2.45, 2.75) is 76.2 Å². The second kappa shape index (κ2) is 7.95. The Bertz CT molecular complexity index is 880. The maximum Gasteiger partial charge on any atom is 0.220 e. The van der Waals surface area contributed by atoms with Crippen molar-refractivity contribution >= 4 is 16.8 Å². The lowest BCUT2D eigenvalue weighted by atomic mass is 9.67. The van der Waals surface area contributed by atoms with Gasteiger partial charge in [-0.1, -0.05) is 44.2 Å². The zero-order valence-electron chi connectivity index (χ0n) is 16.6. The van der Waals surface area contributed by atoms with Crippen LogP contribution in [-0.2, 0) is 16.8 Å². The summed E-state index contributed by atoms with van der Waals surface area (Å²) in [5.74, 6) is 0.500. The first-order chi connectivity index (χ1) is 13.6. The molecular weight excluding hydrogens is 348 g/mol. The van der Waals surface area contributed by atoms with E-state index in [2.05, 4.69) is 34.0 Å². The molecule has 2 aromatic rings. The van der Waals surface area contributed by atoms with E-state index in [-0.39, 0.29) is 11.8 Å². The fourth-order valence-corrected chi connectivity index (χ4v) is 5.19. The van der Waals surface area contributed by atoms with Gasteiger partial charge < -0.3 is 5.73 Å². The predicted octanol–water partition coefficient (Wildman–Crippen LogP) is 4.44. The number of amides is 1. The van der Waals surface area contributed by atoms with Crippen molar-refractivity contribution in [3.8, 4) is 6.07 Å². The fraction of sp³-hybridized carbons (Fsp3) is 0.609. The van der Waals surface area contributed by atoms with Crippen molar-refractivity contribution in [1.82, 2.24) is 9.78 Å². The van der Waals surface area contributed by atoms with Gasteiger partial charge in [0.15, 0.2) is 0 Å². The van der Waals surface area contributed by atoms with Crippen LogP contribution < -0.4 is 5.73 Å². The first kappa shape index (κ1) is 19.0. The molecule has 5 nitrogen and oxygen atoms in total. The Kier molecular flexibility index (Phi) is 5.39. The highest BCUT2D eigenvalue weighted by Gasteiger charge is 2.38. The van der Waals surface area contributed by atoms with E-state index in [0.717, 1.165) is 28.9 Å². The van der Waals surface area contributed by atoms with Gasteiger partial charge in [-0.15, -0.1) is 0 Å². The molecule has 1 amide bonds. The Morgan fingerprint density at radius 2 is 1.96 bits per heavy atom. The molecule has 2 aliphatic rings. The maximum absolute atomic E-state index is 11.5. The number of carbonyl (C=O) groups is 1. The topological polar surface area (TPSA) is 84.7 Å². The SMILES string of the molecule is N#CC1(c2ccc3cnn(CCC4CCCCC4)c3c2)CCC(C(N)=O)CC1. The Hall–Kier alpha value is -2.35. The van der Waals surface area contributed by atoms with Gasteiger partial charge in [0.05, 0.1) is 23.2 Å². The van der Waals surface area contributed by atoms with E-state index in [4.69, 9.17) is 5.73 Å². The highest BCUT2D eigenvalue weighted by Crippen LogP contribution is 2.42. The van der Waals surface area contributed by atoms with Crippen LogP contribution >= 0.6 is 0 Å². The molecule has 5 heteroatoms. The van der Waals surface area contributed by atoms with Gasteiger partial charge in [0, 0.05) is 17.8 Å². The van der Waals surface area contributed by atoms with Crippen molar-refractivity contribution < 1.29 is 4.79 Å². The molecule has 4 rings (SSSR count). The summed E-state index contributed by atoms with van der Waals surface area (Å²) in [6.07, 6.45) is 12.7. The first-order valence-electron chi connectivity index (χ1n) is 10.8. The van der Waals surface area contributed by atoms with E-state index in [9.17, 15) is 10.1 Å². The Labute approximate surface area is 166 Å². The van der Waals surface area contributed by atoms with Crippen LogP contribution in [0.1, 0.15) is 69.8 Å². The zero-order chi connectivity index (χ0) is 19.6. The van der Waals surface area contributed by atoms with E-state index in [1.54, 1.807) is 0 Å². The number of nitrogens with two attached hydrogens (primary N) is 1. The van der Waals surface area contributed by atoms with Crippen molar-refractivity contribution in [3.63, 3.8) is 0 Å². The van der Waals surface area contributed by atoms with Gasteiger partial charge in [0.1, 0.15) is 0 Å². The van der Waals surface area contributed by atoms with Crippen molar-refractivity contribution in [3.05, 3.63) is 30.0 Å². The molecule has 0 aliphatic heterocycles. The third-order valence-electron chi connectivity index (χ3n) is 7.13. The van der Waals surface area contributed by atoms with Gasteiger partial charge >= 0.3 is 0 Å². The van der Waals surface area contributed by atoms with Gasteiger partial charge in [-0.3, -0.25) is 9.48 Å². The summed E-state index contributed by atoms with van der Waals surface area (Å²) < 4.78 is 2.12. The molecule has 148 valence electrons. The average molecular weight is 379 g/mol. The van der Waals surface area contributed by atoms with Gasteiger partial charge in [-0.05, 0) is 49.7 Å². The van der Waals surface area contributed by atoms with E-state index >= 15 is 0 Å². The van der Waals surface area contributed by atoms with Crippen LogP contribution in [0.15, 0.2) is 24.4 Å². The molecule has 1 heterocycles. The molecule has 0 bridgehead atoms. The first-order valence-corrected chi connectivity index (χ1v) is 10.8. The lowest BCUT2D eigenvalue weighted by Gasteiger charge is -2.34. The van der Waals surface area contributed by atoms with E-state index in [1.165, 1.54) is 38.5 Å². The van der Waals surface area contributed by atoms with Crippen LogP contribution in [0, 0.1) is 23.2 Å². The highest BCUT2D eigenvalue weighted by molar-refractivity contribution is 5.80. The Balaban J connectivity index is 1.55. The predicted molar refractivity (Wildman–Crippen MR) is 109 cm³/mol. The summed E-state index contributed by atoms with van der Waals surface area (Å²) in [7, 11) is 0. The van der Waals surface area contributed by atoms with Crippen LogP contribution in [-0.4, -0.2) is 15.7 Å². The number of aromatic nitrogens is 2. The number of primary amides is 1. The number of nitriles is 1. The molecule has 0 spiro atoms.